The van der Waals surface area contributed by atoms with Crippen LogP contribution in [0, 0.1) is 5.92 Å². The lowest BCUT2D eigenvalue weighted by Gasteiger charge is -2.17. The monoisotopic (exact) mass is 193 g/mol. The Morgan fingerprint density at radius 1 is 1.50 bits per heavy atom. The number of rotatable bonds is 2. The van der Waals surface area contributed by atoms with Crippen LogP contribution < -0.4 is 5.32 Å². The van der Waals surface area contributed by atoms with Gasteiger partial charge in [0, 0.05) is 11.6 Å². The molecule has 2 atom stereocenters. The summed E-state index contributed by atoms with van der Waals surface area (Å²) in [7, 11) is 0. The summed E-state index contributed by atoms with van der Waals surface area (Å²) < 4.78 is 0. The van der Waals surface area contributed by atoms with Gasteiger partial charge in [0.25, 0.3) is 0 Å². The van der Waals surface area contributed by atoms with E-state index in [0.29, 0.717) is 5.57 Å². The molecule has 0 bridgehead atoms. The zero-order valence-electron chi connectivity index (χ0n) is 7.47. The molecule has 1 aliphatic heterocycles. The van der Waals surface area contributed by atoms with E-state index in [9.17, 15) is 4.79 Å². The minimum absolute atomic E-state index is 0.0307. The zero-order chi connectivity index (χ0) is 10.1. The van der Waals surface area contributed by atoms with Gasteiger partial charge in [0.15, 0.2) is 0 Å². The number of aliphatic carboxylic acids is 1. The summed E-state index contributed by atoms with van der Waals surface area (Å²) >= 11 is 0. The number of carboxylic acids is 1. The van der Waals surface area contributed by atoms with Crippen molar-refractivity contribution >= 4 is 5.97 Å². The average Bonchev–Trinajstić information content (AvgIpc) is 2.58. The lowest BCUT2D eigenvalue weighted by molar-refractivity contribution is -0.132. The molecule has 4 heteroatoms. The first kappa shape index (κ1) is 9.02. The Kier molecular flexibility index (Phi) is 2.13. The smallest absolute Gasteiger partial charge is 0.335 e. The fraction of sp³-hybridized carbons (Fsp3) is 0.300. The van der Waals surface area contributed by atoms with Crippen LogP contribution in [-0.4, -0.2) is 28.8 Å². The van der Waals surface area contributed by atoms with E-state index in [-0.39, 0.29) is 18.6 Å². The van der Waals surface area contributed by atoms with Gasteiger partial charge in [-0.2, -0.15) is 0 Å². The average molecular weight is 193 g/mol. The van der Waals surface area contributed by atoms with E-state index in [1.54, 1.807) is 12.2 Å². The number of aliphatic hydroxyl groups is 1. The molecule has 0 aromatic rings. The molecule has 2 unspecified atom stereocenters. The summed E-state index contributed by atoms with van der Waals surface area (Å²) in [6, 6.07) is 0.0975. The predicted octanol–water partition coefficient (Wildman–Crippen LogP) is 0.0314. The highest BCUT2D eigenvalue weighted by molar-refractivity contribution is 5.90. The van der Waals surface area contributed by atoms with Crippen LogP contribution in [0.2, 0.25) is 0 Å². The van der Waals surface area contributed by atoms with Crippen LogP contribution in [0.4, 0.5) is 0 Å². The molecule has 74 valence electrons. The molecule has 2 aliphatic rings. The molecule has 1 heterocycles. The molecule has 0 aromatic carbocycles. The second kappa shape index (κ2) is 3.31. The topological polar surface area (TPSA) is 69.6 Å². The van der Waals surface area contributed by atoms with Crippen LogP contribution in [0.25, 0.3) is 0 Å². The van der Waals surface area contributed by atoms with Gasteiger partial charge in [-0.15, -0.1) is 0 Å². The van der Waals surface area contributed by atoms with Crippen LogP contribution in [0.15, 0.2) is 35.6 Å². The van der Waals surface area contributed by atoms with Crippen molar-refractivity contribution in [1.29, 1.82) is 0 Å². The molecular weight excluding hydrogens is 182 g/mol. The second-order valence-corrected chi connectivity index (χ2v) is 3.38. The first-order valence-electron chi connectivity index (χ1n) is 4.42. The van der Waals surface area contributed by atoms with Crippen LogP contribution in [0.3, 0.4) is 0 Å². The van der Waals surface area contributed by atoms with Gasteiger partial charge < -0.3 is 15.5 Å². The van der Waals surface area contributed by atoms with E-state index in [0.717, 1.165) is 5.70 Å². The Bertz CT molecular complexity index is 354. The maximum atomic E-state index is 10.7. The molecule has 14 heavy (non-hydrogen) atoms. The van der Waals surface area contributed by atoms with E-state index in [2.05, 4.69) is 5.32 Å². The van der Waals surface area contributed by atoms with Gasteiger partial charge in [-0.05, 0) is 6.08 Å². The summed E-state index contributed by atoms with van der Waals surface area (Å²) in [6.45, 7) is -0.0307. The number of carbonyl (C=O) groups is 1. The van der Waals surface area contributed by atoms with Gasteiger partial charge in [0.1, 0.15) is 0 Å². The van der Waals surface area contributed by atoms with Crippen molar-refractivity contribution in [3.63, 3.8) is 0 Å². The fourth-order valence-corrected chi connectivity index (χ4v) is 1.73. The quantitative estimate of drug-likeness (QED) is 0.578. The van der Waals surface area contributed by atoms with Crippen molar-refractivity contribution in [3.8, 4) is 0 Å². The highest BCUT2D eigenvalue weighted by Gasteiger charge is 2.26. The lowest BCUT2D eigenvalue weighted by Crippen LogP contribution is -2.28. The van der Waals surface area contributed by atoms with E-state index >= 15 is 0 Å². The Morgan fingerprint density at radius 2 is 2.29 bits per heavy atom. The van der Waals surface area contributed by atoms with Gasteiger partial charge in [-0.25, -0.2) is 4.79 Å². The minimum atomic E-state index is -0.912. The van der Waals surface area contributed by atoms with E-state index in [1.165, 1.54) is 0 Å². The number of hydrogen-bond donors (Lipinski definition) is 3. The molecule has 1 aliphatic carbocycles. The number of nitrogens with one attached hydrogen (secondary N) is 1. The lowest BCUT2D eigenvalue weighted by atomic mass is 9.93. The van der Waals surface area contributed by atoms with Crippen LogP contribution in [0.1, 0.15) is 0 Å². The maximum absolute atomic E-state index is 10.7. The Labute approximate surface area is 81.2 Å². The highest BCUT2D eigenvalue weighted by Crippen LogP contribution is 2.25. The molecular formula is C10H11NO3. The molecule has 3 N–H and O–H groups in total. The Hall–Kier alpha value is -1.55. The van der Waals surface area contributed by atoms with Crippen LogP contribution in [-0.2, 0) is 4.79 Å². The first-order valence-corrected chi connectivity index (χ1v) is 4.42. The molecule has 0 aromatic heterocycles. The molecule has 0 amide bonds. The summed E-state index contributed by atoms with van der Waals surface area (Å²) in [5.41, 5.74) is 1.07. The van der Waals surface area contributed by atoms with Gasteiger partial charge in [0.05, 0.1) is 18.2 Å². The largest absolute Gasteiger partial charge is 0.478 e. The maximum Gasteiger partial charge on any atom is 0.335 e. The molecule has 0 spiro atoms. The normalized spacial score (nSPS) is 28.9. The third-order valence-corrected chi connectivity index (χ3v) is 2.43. The van der Waals surface area contributed by atoms with E-state index in [4.69, 9.17) is 10.2 Å². The molecule has 0 saturated heterocycles. The van der Waals surface area contributed by atoms with Crippen molar-refractivity contribution in [2.45, 2.75) is 6.04 Å². The van der Waals surface area contributed by atoms with Gasteiger partial charge in [0.2, 0.25) is 0 Å². The van der Waals surface area contributed by atoms with E-state index < -0.39 is 5.97 Å². The van der Waals surface area contributed by atoms with Crippen molar-refractivity contribution in [3.05, 3.63) is 35.6 Å². The summed E-state index contributed by atoms with van der Waals surface area (Å²) in [5, 5.41) is 20.8. The summed E-state index contributed by atoms with van der Waals surface area (Å²) in [4.78, 5) is 10.7. The zero-order valence-corrected chi connectivity index (χ0v) is 7.47. The molecule has 0 radical (unpaired) electrons. The van der Waals surface area contributed by atoms with Crippen molar-refractivity contribution < 1.29 is 15.0 Å². The standard InChI is InChI=1S/C10H11NO3/c12-5-8-4-7-3-6(10(13)14)1-2-9(7)11-8/h1-4,7,9,11-12H,5H2,(H,13,14). The number of aliphatic hydroxyl groups excluding tert-OH is 1. The van der Waals surface area contributed by atoms with Crippen molar-refractivity contribution in [1.82, 2.24) is 5.32 Å². The molecule has 2 rings (SSSR count). The van der Waals surface area contributed by atoms with Crippen LogP contribution in [0.5, 0.6) is 0 Å². The van der Waals surface area contributed by atoms with Gasteiger partial charge >= 0.3 is 5.97 Å². The van der Waals surface area contributed by atoms with Crippen molar-refractivity contribution in [2.24, 2.45) is 5.92 Å². The number of carboxylic acid groups (broad SMARTS) is 1. The SMILES string of the molecule is O=C(O)C1=CC2C=C(CO)NC2C=C1. The second-order valence-electron chi connectivity index (χ2n) is 3.38. The Balaban J connectivity index is 2.21. The third-order valence-electron chi connectivity index (χ3n) is 2.43. The number of fused-ring (bicyclic) bond motifs is 1. The van der Waals surface area contributed by atoms with E-state index in [1.807, 2.05) is 12.2 Å². The number of hydrogen-bond acceptors (Lipinski definition) is 3. The third kappa shape index (κ3) is 1.44. The predicted molar refractivity (Wildman–Crippen MR) is 50.4 cm³/mol. The van der Waals surface area contributed by atoms with Gasteiger partial charge in [-0.1, -0.05) is 18.2 Å². The molecule has 4 nitrogen and oxygen atoms in total. The fourth-order valence-electron chi connectivity index (χ4n) is 1.73. The minimum Gasteiger partial charge on any atom is -0.478 e. The first-order chi connectivity index (χ1) is 6.70. The highest BCUT2D eigenvalue weighted by atomic mass is 16.4. The molecule has 0 saturated carbocycles. The van der Waals surface area contributed by atoms with Crippen LogP contribution >= 0.6 is 0 Å². The van der Waals surface area contributed by atoms with Gasteiger partial charge in [-0.3, -0.25) is 0 Å². The summed E-state index contributed by atoms with van der Waals surface area (Å²) in [5.74, 6) is -0.862. The Morgan fingerprint density at radius 3 is 2.93 bits per heavy atom. The molecule has 0 fully saturated rings. The summed E-state index contributed by atoms with van der Waals surface area (Å²) in [6.07, 6.45) is 6.96. The van der Waals surface area contributed by atoms with Crippen molar-refractivity contribution in [2.75, 3.05) is 6.61 Å².